The van der Waals surface area contributed by atoms with E-state index in [1.807, 2.05) is 18.2 Å². The van der Waals surface area contributed by atoms with Gasteiger partial charge in [-0.05, 0) is 64.5 Å². The first-order valence-electron chi connectivity index (χ1n) is 8.78. The van der Waals surface area contributed by atoms with Gasteiger partial charge in [-0.1, -0.05) is 12.1 Å². The predicted molar refractivity (Wildman–Crippen MR) is 109 cm³/mol. The summed E-state index contributed by atoms with van der Waals surface area (Å²) in [5.74, 6) is 0.0991. The molecule has 25 heavy (non-hydrogen) atoms. The van der Waals surface area contributed by atoms with Crippen molar-refractivity contribution in [2.24, 2.45) is 0 Å². The first-order valence-corrected chi connectivity index (χ1v) is 8.78. The minimum atomic E-state index is 0. The Kier molecular flexibility index (Phi) is 9.57. The van der Waals surface area contributed by atoms with Crippen molar-refractivity contribution in [2.45, 2.75) is 44.2 Å². The monoisotopic (exact) mass is 388 g/mol. The van der Waals surface area contributed by atoms with Crippen LogP contribution in [-0.4, -0.2) is 49.6 Å². The second-order valence-electron chi connectivity index (χ2n) is 6.81. The first kappa shape index (κ1) is 22.0. The number of nitrogens with zero attached hydrogens (tertiary/aromatic N) is 1. The Labute approximate surface area is 163 Å². The van der Waals surface area contributed by atoms with Gasteiger partial charge in [0.1, 0.15) is 0 Å². The number of carbonyl (C=O) groups excluding carboxylic acids is 1. The molecule has 1 unspecified atom stereocenters. The van der Waals surface area contributed by atoms with Gasteiger partial charge >= 0.3 is 0 Å². The first-order chi connectivity index (χ1) is 11.2. The largest absolute Gasteiger partial charge is 0.381 e. The molecular weight excluding hydrogens is 359 g/mol. The van der Waals surface area contributed by atoms with Gasteiger partial charge in [0.15, 0.2) is 0 Å². The molecule has 0 bridgehead atoms. The number of hydrogen-bond donors (Lipinski definition) is 3. The van der Waals surface area contributed by atoms with Crippen LogP contribution >= 0.6 is 24.8 Å². The third-order valence-corrected chi connectivity index (χ3v) is 4.87. The summed E-state index contributed by atoms with van der Waals surface area (Å²) in [5, 5.41) is 10.1. The smallest absolute Gasteiger partial charge is 0.225 e. The molecule has 2 fully saturated rings. The molecule has 0 aromatic heterocycles. The van der Waals surface area contributed by atoms with E-state index in [9.17, 15) is 4.79 Å². The fraction of sp³-hybridized carbons (Fsp3) is 0.611. The van der Waals surface area contributed by atoms with Crippen LogP contribution in [0.3, 0.4) is 0 Å². The van der Waals surface area contributed by atoms with Gasteiger partial charge in [0.2, 0.25) is 5.91 Å². The van der Waals surface area contributed by atoms with Crippen molar-refractivity contribution >= 4 is 42.1 Å². The summed E-state index contributed by atoms with van der Waals surface area (Å²) >= 11 is 0. The summed E-state index contributed by atoms with van der Waals surface area (Å²) in [6.07, 6.45) is 5.12. The van der Waals surface area contributed by atoms with Gasteiger partial charge in [-0.2, -0.15) is 0 Å². The van der Waals surface area contributed by atoms with Crippen molar-refractivity contribution in [3.63, 3.8) is 0 Å². The lowest BCUT2D eigenvalue weighted by atomic mass is 10.0. The summed E-state index contributed by atoms with van der Waals surface area (Å²) in [6, 6.07) is 8.86. The lowest BCUT2D eigenvalue weighted by molar-refractivity contribution is -0.116. The second kappa shape index (κ2) is 10.9. The van der Waals surface area contributed by atoms with E-state index in [0.717, 1.165) is 50.3 Å². The van der Waals surface area contributed by atoms with Crippen LogP contribution in [0.15, 0.2) is 24.3 Å². The normalized spacial score (nSPS) is 21.1. The highest BCUT2D eigenvalue weighted by Gasteiger charge is 2.20. The number of para-hydroxylation sites is 2. The van der Waals surface area contributed by atoms with Crippen LogP contribution < -0.4 is 16.0 Å². The van der Waals surface area contributed by atoms with Crippen molar-refractivity contribution < 1.29 is 4.79 Å². The summed E-state index contributed by atoms with van der Waals surface area (Å²) < 4.78 is 0. The average molecular weight is 389 g/mol. The van der Waals surface area contributed by atoms with E-state index in [-0.39, 0.29) is 30.7 Å². The molecule has 5 nitrogen and oxygen atoms in total. The number of anilines is 2. The third-order valence-electron chi connectivity index (χ3n) is 4.87. The highest BCUT2D eigenvalue weighted by Crippen LogP contribution is 2.24. The van der Waals surface area contributed by atoms with Crippen molar-refractivity contribution in [3.05, 3.63) is 24.3 Å². The van der Waals surface area contributed by atoms with Crippen LogP contribution in [0.25, 0.3) is 0 Å². The summed E-state index contributed by atoms with van der Waals surface area (Å²) in [7, 11) is 2.17. The van der Waals surface area contributed by atoms with E-state index < -0.39 is 0 Å². The average Bonchev–Trinajstić information content (AvgIpc) is 3.04. The molecule has 0 aliphatic carbocycles. The highest BCUT2D eigenvalue weighted by molar-refractivity contribution is 5.94. The van der Waals surface area contributed by atoms with E-state index in [4.69, 9.17) is 0 Å². The number of carbonyl (C=O) groups is 1. The Morgan fingerprint density at radius 2 is 1.84 bits per heavy atom. The molecule has 2 aliphatic rings. The highest BCUT2D eigenvalue weighted by atomic mass is 35.5. The lowest BCUT2D eigenvalue weighted by Crippen LogP contribution is -2.36. The predicted octanol–water partition coefficient (Wildman–Crippen LogP) is 3.12. The van der Waals surface area contributed by atoms with Gasteiger partial charge in [0.25, 0.3) is 0 Å². The maximum absolute atomic E-state index is 12.3. The van der Waals surface area contributed by atoms with E-state index in [1.165, 1.54) is 6.42 Å². The number of rotatable bonds is 5. The quantitative estimate of drug-likeness (QED) is 0.725. The van der Waals surface area contributed by atoms with Crippen LogP contribution in [-0.2, 0) is 4.79 Å². The molecule has 1 atom stereocenters. The summed E-state index contributed by atoms with van der Waals surface area (Å²) in [4.78, 5) is 14.6. The lowest BCUT2D eigenvalue weighted by Gasteiger charge is -2.30. The zero-order valence-corrected chi connectivity index (χ0v) is 16.4. The van der Waals surface area contributed by atoms with Gasteiger partial charge in [-0.25, -0.2) is 0 Å². The SMILES string of the molecule is CN1CCC(Nc2ccccc2NC(=O)CC2CCCN2)CC1.Cl.Cl. The minimum Gasteiger partial charge on any atom is -0.381 e. The maximum atomic E-state index is 12.3. The van der Waals surface area contributed by atoms with Crippen molar-refractivity contribution in [1.29, 1.82) is 0 Å². The van der Waals surface area contributed by atoms with Crippen LogP contribution in [0.1, 0.15) is 32.1 Å². The van der Waals surface area contributed by atoms with Crippen LogP contribution in [0.4, 0.5) is 11.4 Å². The molecule has 7 heteroatoms. The molecule has 2 heterocycles. The number of likely N-dealkylation sites (tertiary alicyclic amines) is 1. The van der Waals surface area contributed by atoms with Crippen LogP contribution in [0.2, 0.25) is 0 Å². The molecule has 0 radical (unpaired) electrons. The van der Waals surface area contributed by atoms with Crippen molar-refractivity contribution in [1.82, 2.24) is 10.2 Å². The minimum absolute atomic E-state index is 0. The van der Waals surface area contributed by atoms with Crippen molar-refractivity contribution in [2.75, 3.05) is 37.3 Å². The standard InChI is InChI=1S/C18H28N4O.2ClH/c1-22-11-8-14(9-12-22)20-16-6-2-3-7-17(16)21-18(23)13-15-5-4-10-19-15;;/h2-3,6-7,14-15,19-20H,4-5,8-13H2,1H3,(H,21,23);2*1H. The number of halogens is 2. The van der Waals surface area contributed by atoms with Gasteiger partial charge in [0, 0.05) is 18.5 Å². The molecule has 3 rings (SSSR count). The molecule has 1 aromatic carbocycles. The second-order valence-corrected chi connectivity index (χ2v) is 6.81. The molecule has 2 saturated heterocycles. The molecule has 142 valence electrons. The van der Waals surface area contributed by atoms with Crippen LogP contribution in [0.5, 0.6) is 0 Å². The van der Waals surface area contributed by atoms with E-state index >= 15 is 0 Å². The fourth-order valence-corrected chi connectivity index (χ4v) is 3.45. The van der Waals surface area contributed by atoms with Gasteiger partial charge < -0.3 is 20.9 Å². The van der Waals surface area contributed by atoms with E-state index in [2.05, 4.69) is 34.0 Å². The van der Waals surface area contributed by atoms with Crippen LogP contribution in [0, 0.1) is 0 Å². The Balaban J connectivity index is 0.00000156. The topological polar surface area (TPSA) is 56.4 Å². The van der Waals surface area contributed by atoms with E-state index in [1.54, 1.807) is 0 Å². The Morgan fingerprint density at radius 3 is 2.48 bits per heavy atom. The van der Waals surface area contributed by atoms with Gasteiger partial charge in [0.05, 0.1) is 11.4 Å². The number of benzene rings is 1. The van der Waals surface area contributed by atoms with Gasteiger partial charge in [-0.15, -0.1) is 24.8 Å². The Hall–Kier alpha value is -1.01. The molecule has 2 aliphatic heterocycles. The molecule has 1 amide bonds. The molecule has 1 aromatic rings. The number of hydrogen-bond acceptors (Lipinski definition) is 4. The number of piperidine rings is 1. The zero-order valence-electron chi connectivity index (χ0n) is 14.8. The fourth-order valence-electron chi connectivity index (χ4n) is 3.45. The molecule has 3 N–H and O–H groups in total. The summed E-state index contributed by atoms with van der Waals surface area (Å²) in [6.45, 7) is 3.28. The molecule has 0 spiro atoms. The Morgan fingerprint density at radius 1 is 1.16 bits per heavy atom. The van der Waals surface area contributed by atoms with Crippen molar-refractivity contribution in [3.8, 4) is 0 Å². The number of nitrogens with one attached hydrogen (secondary N) is 3. The molecule has 0 saturated carbocycles. The number of amides is 1. The van der Waals surface area contributed by atoms with Gasteiger partial charge in [-0.3, -0.25) is 4.79 Å². The Bertz CT molecular complexity index is 530. The summed E-state index contributed by atoms with van der Waals surface area (Å²) in [5.41, 5.74) is 1.93. The molecular formula is C18H30Cl2N4O. The van der Waals surface area contributed by atoms with E-state index in [0.29, 0.717) is 18.5 Å². The zero-order chi connectivity index (χ0) is 16.1. The third kappa shape index (κ3) is 6.66. The maximum Gasteiger partial charge on any atom is 0.225 e.